The van der Waals surface area contributed by atoms with Crippen LogP contribution in [-0.2, 0) is 4.79 Å². The van der Waals surface area contributed by atoms with Crippen LogP contribution in [0.25, 0.3) is 0 Å². The Labute approximate surface area is 153 Å². The molecule has 0 aliphatic heterocycles. The summed E-state index contributed by atoms with van der Waals surface area (Å²) in [6.07, 6.45) is 7.85. The van der Waals surface area contributed by atoms with Gasteiger partial charge in [-0.15, -0.1) is 0 Å². The summed E-state index contributed by atoms with van der Waals surface area (Å²) in [5, 5.41) is 16.3. The lowest BCUT2D eigenvalue weighted by atomic mass is 9.53. The molecule has 1 aromatic rings. The van der Waals surface area contributed by atoms with E-state index in [9.17, 15) is 14.9 Å². The molecule has 0 heterocycles. The quantitative estimate of drug-likeness (QED) is 0.626. The van der Waals surface area contributed by atoms with Gasteiger partial charge in [-0.1, -0.05) is 0 Å². The molecular formula is C20H28N3O3+. The molecule has 0 radical (unpaired) electrons. The van der Waals surface area contributed by atoms with Crippen molar-refractivity contribution in [3.05, 3.63) is 33.4 Å². The number of hydrogen-bond acceptors (Lipinski definition) is 3. The van der Waals surface area contributed by atoms with E-state index in [4.69, 9.17) is 0 Å². The molecule has 5 rings (SSSR count). The third kappa shape index (κ3) is 3.22. The summed E-state index contributed by atoms with van der Waals surface area (Å²) in [6, 6.07) is 3.24. The number of amides is 1. The Bertz CT molecular complexity index is 724. The maximum absolute atomic E-state index is 12.5. The second-order valence-corrected chi connectivity index (χ2v) is 8.95. The lowest BCUT2D eigenvalue weighted by molar-refractivity contribution is -0.729. The van der Waals surface area contributed by atoms with E-state index >= 15 is 0 Å². The average molecular weight is 358 g/mol. The Hall–Kier alpha value is -1.95. The van der Waals surface area contributed by atoms with Crippen molar-refractivity contribution in [1.82, 2.24) is 0 Å². The van der Waals surface area contributed by atoms with Gasteiger partial charge in [0.25, 0.3) is 11.6 Å². The van der Waals surface area contributed by atoms with Crippen LogP contribution in [0.1, 0.15) is 49.7 Å². The van der Waals surface area contributed by atoms with Gasteiger partial charge in [-0.25, -0.2) is 0 Å². The minimum absolute atomic E-state index is 0.0312. The number of carbonyl (C=O) groups is 1. The Kier molecular flexibility index (Phi) is 4.26. The molecule has 26 heavy (non-hydrogen) atoms. The number of nitrogens with two attached hydrogens (primary N) is 1. The third-order valence-electron chi connectivity index (χ3n) is 6.89. The maximum Gasteiger partial charge on any atom is 0.293 e. The van der Waals surface area contributed by atoms with Crippen LogP contribution in [0.15, 0.2) is 12.1 Å². The van der Waals surface area contributed by atoms with E-state index in [0.29, 0.717) is 12.2 Å². The highest BCUT2D eigenvalue weighted by Gasteiger charge is 2.53. The van der Waals surface area contributed by atoms with Crippen molar-refractivity contribution in [2.75, 3.05) is 11.9 Å². The molecule has 4 bridgehead atoms. The topological polar surface area (TPSA) is 88.8 Å². The first-order chi connectivity index (χ1) is 12.3. The van der Waals surface area contributed by atoms with Crippen molar-refractivity contribution in [3.63, 3.8) is 0 Å². The van der Waals surface area contributed by atoms with Gasteiger partial charge in [0.05, 0.1) is 10.5 Å². The van der Waals surface area contributed by atoms with Crippen LogP contribution >= 0.6 is 0 Å². The summed E-state index contributed by atoms with van der Waals surface area (Å²) in [5.74, 6) is 2.40. The molecule has 3 N–H and O–H groups in total. The zero-order chi connectivity index (χ0) is 18.5. The maximum atomic E-state index is 12.5. The van der Waals surface area contributed by atoms with Gasteiger partial charge in [-0.05, 0) is 68.1 Å². The van der Waals surface area contributed by atoms with Crippen LogP contribution in [0.2, 0.25) is 0 Å². The predicted molar refractivity (Wildman–Crippen MR) is 98.9 cm³/mol. The second kappa shape index (κ2) is 6.34. The van der Waals surface area contributed by atoms with Gasteiger partial charge in [0.15, 0.2) is 6.54 Å². The van der Waals surface area contributed by atoms with Gasteiger partial charge < -0.3 is 10.6 Å². The number of nitro groups is 1. The molecule has 0 atom stereocenters. The minimum atomic E-state index is -0.426. The van der Waals surface area contributed by atoms with Crippen molar-refractivity contribution in [3.8, 4) is 0 Å². The fraction of sp³-hybridized carbons (Fsp3) is 0.650. The van der Waals surface area contributed by atoms with Crippen LogP contribution in [0.5, 0.6) is 0 Å². The molecule has 0 saturated heterocycles. The van der Waals surface area contributed by atoms with E-state index in [0.717, 1.165) is 28.9 Å². The molecule has 4 fully saturated rings. The Morgan fingerprint density at radius 2 is 1.69 bits per heavy atom. The zero-order valence-electron chi connectivity index (χ0n) is 15.6. The van der Waals surface area contributed by atoms with Crippen molar-refractivity contribution in [2.45, 2.75) is 57.9 Å². The highest BCUT2D eigenvalue weighted by molar-refractivity contribution is 5.94. The number of anilines is 1. The lowest BCUT2D eigenvalue weighted by Gasteiger charge is -2.54. The largest absolute Gasteiger partial charge is 0.334 e. The Balaban J connectivity index is 1.42. The number of hydrogen-bond donors (Lipinski definition) is 2. The van der Waals surface area contributed by atoms with Crippen molar-refractivity contribution in [1.29, 1.82) is 0 Å². The van der Waals surface area contributed by atoms with Gasteiger partial charge in [0.2, 0.25) is 0 Å². The number of rotatable bonds is 5. The number of nitrogens with one attached hydrogen (secondary N) is 1. The highest BCUT2D eigenvalue weighted by Crippen LogP contribution is 2.54. The molecule has 140 valence electrons. The highest BCUT2D eigenvalue weighted by atomic mass is 16.6. The van der Waals surface area contributed by atoms with Gasteiger partial charge in [-0.2, -0.15) is 0 Å². The van der Waals surface area contributed by atoms with Crippen molar-refractivity contribution in [2.24, 2.45) is 17.8 Å². The molecule has 6 heteroatoms. The van der Waals surface area contributed by atoms with Crippen molar-refractivity contribution < 1.29 is 15.0 Å². The number of nitrogens with zero attached hydrogens (tertiary/aromatic N) is 1. The first kappa shape index (κ1) is 17.5. The molecule has 0 unspecified atom stereocenters. The molecule has 6 nitrogen and oxygen atoms in total. The van der Waals surface area contributed by atoms with Gasteiger partial charge in [0.1, 0.15) is 5.69 Å². The summed E-state index contributed by atoms with van der Waals surface area (Å²) in [6.45, 7) is 4.08. The molecule has 1 amide bonds. The van der Waals surface area contributed by atoms with Crippen LogP contribution < -0.4 is 10.6 Å². The van der Waals surface area contributed by atoms with E-state index in [1.165, 1.54) is 44.6 Å². The molecule has 4 aliphatic carbocycles. The van der Waals surface area contributed by atoms with Crippen LogP contribution in [-0.4, -0.2) is 22.9 Å². The molecule has 0 spiro atoms. The average Bonchev–Trinajstić information content (AvgIpc) is 2.55. The normalized spacial score (nSPS) is 31.8. The molecule has 0 aromatic heterocycles. The number of nitro benzene ring substituents is 1. The van der Waals surface area contributed by atoms with E-state index in [1.807, 2.05) is 13.8 Å². The van der Waals surface area contributed by atoms with Crippen molar-refractivity contribution >= 4 is 17.3 Å². The van der Waals surface area contributed by atoms with Crippen LogP contribution in [0.4, 0.5) is 11.4 Å². The summed E-state index contributed by atoms with van der Waals surface area (Å²) >= 11 is 0. The summed E-state index contributed by atoms with van der Waals surface area (Å²) in [7, 11) is 0. The summed E-state index contributed by atoms with van der Waals surface area (Å²) < 4.78 is 0. The standard InChI is InChI=1S/C20H27N3O3/c1-12-3-17(18(23(25)26)4-13(12)2)22-19(24)11-21-20-8-14-5-15(9-20)7-16(6-14)10-20/h3-4,14-16,21H,5-11H2,1-2H3,(H,22,24)/p+1. The Morgan fingerprint density at radius 1 is 1.15 bits per heavy atom. The molecule has 1 aromatic carbocycles. The first-order valence-corrected chi connectivity index (χ1v) is 9.73. The number of aryl methyl sites for hydroxylation is 2. The monoisotopic (exact) mass is 358 g/mol. The van der Waals surface area contributed by atoms with Gasteiger partial charge in [-0.3, -0.25) is 14.9 Å². The van der Waals surface area contributed by atoms with E-state index in [2.05, 4.69) is 10.6 Å². The van der Waals surface area contributed by atoms with Crippen LogP contribution in [0.3, 0.4) is 0 Å². The third-order valence-corrected chi connectivity index (χ3v) is 6.89. The fourth-order valence-corrected chi connectivity index (χ4v) is 5.99. The van der Waals surface area contributed by atoms with E-state index < -0.39 is 4.92 Å². The smallest absolute Gasteiger partial charge is 0.293 e. The molecular weight excluding hydrogens is 330 g/mol. The number of carbonyl (C=O) groups excluding carboxylic acids is 1. The van der Waals surface area contributed by atoms with E-state index in [-0.39, 0.29) is 17.1 Å². The van der Waals surface area contributed by atoms with Gasteiger partial charge in [0, 0.05) is 25.3 Å². The zero-order valence-corrected chi connectivity index (χ0v) is 15.6. The SMILES string of the molecule is Cc1cc(NC(=O)C[NH2+]C23CC4CC(CC(C4)C2)C3)c([N+](=O)[O-])cc1C. The molecule has 4 saturated carbocycles. The first-order valence-electron chi connectivity index (χ1n) is 9.73. The van der Waals surface area contributed by atoms with Gasteiger partial charge >= 0.3 is 0 Å². The van der Waals surface area contributed by atoms with Crippen LogP contribution in [0, 0.1) is 41.7 Å². The fourth-order valence-electron chi connectivity index (χ4n) is 5.99. The Morgan fingerprint density at radius 3 is 2.23 bits per heavy atom. The number of quaternary nitrogens is 1. The summed E-state index contributed by atoms with van der Waals surface area (Å²) in [5.41, 5.74) is 2.31. The number of benzene rings is 1. The van der Waals surface area contributed by atoms with E-state index in [1.54, 1.807) is 6.07 Å². The summed E-state index contributed by atoms with van der Waals surface area (Å²) in [4.78, 5) is 23.4. The lowest BCUT2D eigenvalue weighted by Crippen LogP contribution is -3.00. The predicted octanol–water partition coefficient (Wildman–Crippen LogP) is 2.68. The molecule has 4 aliphatic rings. The minimum Gasteiger partial charge on any atom is -0.334 e. The second-order valence-electron chi connectivity index (χ2n) is 8.95.